The standard InChI is InChI=1S/Ag.Au.Co.Li.O. The van der Waals surface area contributed by atoms with Crippen molar-refractivity contribution in [3.05, 3.63) is 0 Å². The summed E-state index contributed by atoms with van der Waals surface area (Å²) in [4.78, 5) is 0. The van der Waals surface area contributed by atoms with E-state index in [0.29, 0.717) is 0 Å². The van der Waals surface area contributed by atoms with Crippen molar-refractivity contribution < 1.29 is 63.5 Å². The summed E-state index contributed by atoms with van der Waals surface area (Å²) >= 11 is 1.03. The first kappa shape index (κ1) is 26.3. The molecule has 0 fully saturated rings. The van der Waals surface area contributed by atoms with E-state index >= 15 is 0 Å². The number of hydrogen-bond acceptors (Lipinski definition) is 1. The third-order valence-electron chi connectivity index (χ3n) is 0. The van der Waals surface area contributed by atoms with Crippen LogP contribution in [0.4, 0.5) is 0 Å². The van der Waals surface area contributed by atoms with Crippen molar-refractivity contribution in [2.75, 3.05) is 0 Å². The molecule has 0 aromatic rings. The Morgan fingerprint density at radius 2 is 1.20 bits per heavy atom. The van der Waals surface area contributed by atoms with Crippen molar-refractivity contribution in [1.82, 2.24) is 0 Å². The van der Waals surface area contributed by atoms with Gasteiger partial charge in [-0.25, -0.2) is 0 Å². The van der Waals surface area contributed by atoms with Crippen LogP contribution in [0, 0.1) is 0 Å². The van der Waals surface area contributed by atoms with E-state index < -0.39 is 0 Å². The summed E-state index contributed by atoms with van der Waals surface area (Å²) in [6.07, 6.45) is 0. The van der Waals surface area contributed by atoms with Crippen LogP contribution in [0.15, 0.2) is 0 Å². The van der Waals surface area contributed by atoms with Crippen LogP contribution in [0.25, 0.3) is 0 Å². The predicted octanol–water partition coefficient (Wildman–Crippen LogP) is -0.507. The molecular weight excluding hydrogens is 387 g/mol. The Kier molecular flexibility index (Phi) is 171. The van der Waals surface area contributed by atoms with Crippen molar-refractivity contribution in [1.29, 1.82) is 0 Å². The summed E-state index contributed by atoms with van der Waals surface area (Å²) in [6.45, 7) is 0. The third kappa shape index (κ3) is 21.6. The average Bonchev–Trinajstić information content (AvgIpc) is 1.00. The fourth-order valence-electron chi connectivity index (χ4n) is 0. The monoisotopic (exact) mass is 386 g/mol. The first-order chi connectivity index (χ1) is 1.00. The summed E-state index contributed by atoms with van der Waals surface area (Å²) in [5.74, 6) is 0. The van der Waals surface area contributed by atoms with Crippen LogP contribution in [0.2, 0.25) is 0 Å². The van der Waals surface area contributed by atoms with Gasteiger partial charge in [-0.1, -0.05) is 0 Å². The van der Waals surface area contributed by atoms with E-state index in [9.17, 15) is 0 Å². The van der Waals surface area contributed by atoms with Gasteiger partial charge in [-0.05, 0) is 0 Å². The molecule has 0 saturated carbocycles. The van der Waals surface area contributed by atoms with Gasteiger partial charge in [0.05, 0.1) is 0 Å². The molecule has 0 aliphatic heterocycles. The third-order valence-corrected chi connectivity index (χ3v) is 0. The van der Waals surface area contributed by atoms with Crippen LogP contribution in [0.1, 0.15) is 0 Å². The normalized spacial score (nSPS) is 1.20. The molecule has 38 valence electrons. The summed E-state index contributed by atoms with van der Waals surface area (Å²) < 4.78 is 8.19. The van der Waals surface area contributed by atoms with E-state index in [0.717, 1.165) is 21.0 Å². The van der Waals surface area contributed by atoms with Crippen LogP contribution < -0.4 is 0 Å². The van der Waals surface area contributed by atoms with Gasteiger partial charge in [0.25, 0.3) is 0 Å². The second kappa shape index (κ2) is 32.6. The zero-order chi connectivity index (χ0) is 2.00. The first-order valence-electron chi connectivity index (χ1n) is 0.123. The molecule has 1 nitrogen and oxygen atoms in total. The van der Waals surface area contributed by atoms with Gasteiger partial charge in [0.2, 0.25) is 0 Å². The van der Waals surface area contributed by atoms with Crippen molar-refractivity contribution >= 4 is 18.9 Å². The maximum atomic E-state index is 8.19. The van der Waals surface area contributed by atoms with E-state index in [4.69, 9.17) is 3.25 Å². The fourth-order valence-corrected chi connectivity index (χ4v) is 0. The van der Waals surface area contributed by atoms with E-state index in [1.807, 2.05) is 0 Å². The van der Waals surface area contributed by atoms with Crippen LogP contribution >= 0.6 is 0 Å². The molecule has 0 aromatic heterocycles. The molecule has 0 spiro atoms. The summed E-state index contributed by atoms with van der Waals surface area (Å²) in [5, 5.41) is 0. The molecule has 0 heterocycles. The SMILES string of the molecule is [Ag].[Co].[Li].[O]=[Au]. The van der Waals surface area contributed by atoms with E-state index in [2.05, 4.69) is 0 Å². The van der Waals surface area contributed by atoms with Gasteiger partial charge in [-0.15, -0.1) is 0 Å². The molecule has 5 heavy (non-hydrogen) atoms. The van der Waals surface area contributed by atoms with Gasteiger partial charge in [0.1, 0.15) is 0 Å². The minimum atomic E-state index is 0. The van der Waals surface area contributed by atoms with Crippen LogP contribution in [-0.4, -0.2) is 18.9 Å². The molecule has 0 amide bonds. The fraction of sp³-hybridized carbons (Fsp3) is 0. The zero-order valence-corrected chi connectivity index (χ0v) is 7.03. The van der Waals surface area contributed by atoms with E-state index in [-0.39, 0.29) is 58.0 Å². The van der Waals surface area contributed by atoms with Gasteiger partial charge in [-0.3, -0.25) is 0 Å². The zero-order valence-electron chi connectivity index (χ0n) is 2.34. The van der Waals surface area contributed by atoms with Crippen LogP contribution in [-0.2, 0) is 63.5 Å². The second-order valence-electron chi connectivity index (χ2n) is 0. The van der Waals surface area contributed by atoms with Gasteiger partial charge >= 0.3 is 24.3 Å². The number of rotatable bonds is 0. The predicted molar refractivity (Wildman–Crippen MR) is 6.44 cm³/mol. The Labute approximate surface area is 81.2 Å². The van der Waals surface area contributed by atoms with Crippen molar-refractivity contribution in [3.8, 4) is 0 Å². The van der Waals surface area contributed by atoms with Gasteiger partial charge < -0.3 is 0 Å². The Balaban J connectivity index is -0.00000000167. The molecule has 0 N–H and O–H groups in total. The van der Waals surface area contributed by atoms with Crippen LogP contribution in [0.5, 0.6) is 0 Å². The van der Waals surface area contributed by atoms with Gasteiger partial charge in [0.15, 0.2) is 0 Å². The summed E-state index contributed by atoms with van der Waals surface area (Å²) in [7, 11) is 0. The minimum absolute atomic E-state index is 0. The summed E-state index contributed by atoms with van der Waals surface area (Å²) in [6, 6.07) is 0. The Morgan fingerprint density at radius 1 is 1.20 bits per heavy atom. The van der Waals surface area contributed by atoms with Crippen LogP contribution in [0.3, 0.4) is 0 Å². The Morgan fingerprint density at radius 3 is 1.20 bits per heavy atom. The van der Waals surface area contributed by atoms with E-state index in [1.54, 1.807) is 0 Å². The quantitative estimate of drug-likeness (QED) is 0.513. The molecule has 0 rings (SSSR count). The van der Waals surface area contributed by atoms with Crippen molar-refractivity contribution in [3.63, 3.8) is 0 Å². The molecule has 0 atom stereocenters. The molecule has 0 saturated heterocycles. The topological polar surface area (TPSA) is 17.1 Å². The van der Waals surface area contributed by atoms with Gasteiger partial charge in [0, 0.05) is 58.0 Å². The van der Waals surface area contributed by atoms with Crippen molar-refractivity contribution in [2.45, 2.75) is 0 Å². The molecule has 0 aliphatic rings. The molecule has 0 aromatic carbocycles. The van der Waals surface area contributed by atoms with Crippen molar-refractivity contribution in [2.24, 2.45) is 0 Å². The maximum absolute atomic E-state index is 8.19. The molecule has 0 bridgehead atoms. The molecule has 5 heteroatoms. The Hall–Kier alpha value is 2.38. The number of hydrogen-bond donors (Lipinski definition) is 0. The average molecular weight is 387 g/mol. The first-order valence-corrected chi connectivity index (χ1v) is 1.01. The molecule has 3 radical (unpaired) electrons. The summed E-state index contributed by atoms with van der Waals surface area (Å²) in [5.41, 5.74) is 0. The Bertz CT molecular complexity index is 11.6. The molecular formula is AgAuCoLiO. The van der Waals surface area contributed by atoms with E-state index in [1.165, 1.54) is 0 Å². The molecule has 0 unspecified atom stereocenters. The second-order valence-corrected chi connectivity index (χ2v) is 0. The molecule has 0 aliphatic carbocycles. The van der Waals surface area contributed by atoms with Gasteiger partial charge in [-0.2, -0.15) is 0 Å².